The largest absolute Gasteiger partial charge is 0.430 e. The highest BCUT2D eigenvalue weighted by atomic mass is 19.4. The predicted octanol–water partition coefficient (Wildman–Crippen LogP) is 4.30. The van der Waals surface area contributed by atoms with Crippen LogP contribution in [0, 0.1) is 17.1 Å². The average Bonchev–Trinajstić information content (AvgIpc) is 2.91. The normalized spacial score (nSPS) is 14.8. The molecule has 8 nitrogen and oxygen atoms in total. The van der Waals surface area contributed by atoms with Gasteiger partial charge in [-0.3, -0.25) is 9.69 Å². The molecule has 0 aliphatic carbocycles. The second-order valence-electron chi connectivity index (χ2n) is 9.19. The summed E-state index contributed by atoms with van der Waals surface area (Å²) < 4.78 is 93.0. The van der Waals surface area contributed by atoms with Crippen molar-refractivity contribution in [3.8, 4) is 6.07 Å². The van der Waals surface area contributed by atoms with Crippen molar-refractivity contribution in [1.29, 1.82) is 5.26 Å². The first-order chi connectivity index (χ1) is 19.1. The van der Waals surface area contributed by atoms with Crippen molar-refractivity contribution in [2.75, 3.05) is 38.0 Å². The van der Waals surface area contributed by atoms with Gasteiger partial charge in [-0.05, 0) is 23.8 Å². The molecule has 41 heavy (non-hydrogen) atoms. The van der Waals surface area contributed by atoms with Crippen LogP contribution in [-0.4, -0.2) is 71.9 Å². The molecule has 15 heteroatoms. The van der Waals surface area contributed by atoms with Crippen molar-refractivity contribution in [2.45, 2.75) is 24.5 Å². The molecule has 220 valence electrons. The van der Waals surface area contributed by atoms with Gasteiger partial charge >= 0.3 is 18.4 Å². The van der Waals surface area contributed by atoms with Crippen LogP contribution in [0.5, 0.6) is 0 Å². The van der Waals surface area contributed by atoms with Gasteiger partial charge in [0.25, 0.3) is 11.5 Å². The first-order valence-electron chi connectivity index (χ1n) is 12.0. The summed E-state index contributed by atoms with van der Waals surface area (Å²) in [7, 11) is 0. The van der Waals surface area contributed by atoms with Crippen molar-refractivity contribution in [3.63, 3.8) is 0 Å². The first kappa shape index (κ1) is 31.4. The molecule has 0 bridgehead atoms. The number of benzene rings is 2. The quantitative estimate of drug-likeness (QED) is 0.331. The predicted molar refractivity (Wildman–Crippen MR) is 132 cm³/mol. The number of piperazine rings is 1. The summed E-state index contributed by atoms with van der Waals surface area (Å²) in [5.74, 6) is -1.34. The maximum atomic E-state index is 14.5. The highest BCUT2D eigenvalue weighted by Crippen LogP contribution is 2.50. The zero-order chi connectivity index (χ0) is 30.6. The van der Waals surface area contributed by atoms with E-state index in [1.807, 2.05) is 4.90 Å². The van der Waals surface area contributed by atoms with E-state index in [0.29, 0.717) is 30.8 Å². The molecular formula is C26H24F7N5O3. The molecule has 1 heterocycles. The smallest absolute Gasteiger partial charge is 0.369 e. The second-order valence-corrected chi connectivity index (χ2v) is 9.19. The van der Waals surface area contributed by atoms with Crippen LogP contribution in [0.3, 0.4) is 0 Å². The van der Waals surface area contributed by atoms with Gasteiger partial charge < -0.3 is 20.6 Å². The van der Waals surface area contributed by atoms with E-state index in [2.05, 4.69) is 17.2 Å². The van der Waals surface area contributed by atoms with E-state index < -0.39 is 41.3 Å². The van der Waals surface area contributed by atoms with Crippen LogP contribution in [0.25, 0.3) is 0 Å². The number of nitrogens with one attached hydrogen (secondary N) is 2. The van der Waals surface area contributed by atoms with Crippen molar-refractivity contribution in [2.24, 2.45) is 0 Å². The van der Waals surface area contributed by atoms with Crippen LogP contribution >= 0.6 is 0 Å². The van der Waals surface area contributed by atoms with Crippen LogP contribution in [0.15, 0.2) is 54.6 Å². The van der Waals surface area contributed by atoms with E-state index in [4.69, 9.17) is 5.26 Å². The number of alkyl halides is 6. The summed E-state index contributed by atoms with van der Waals surface area (Å²) in [6.45, 7) is 4.50. The zero-order valence-corrected chi connectivity index (χ0v) is 21.2. The molecule has 0 unspecified atom stereocenters. The fourth-order valence-corrected chi connectivity index (χ4v) is 4.03. The molecule has 1 aliphatic heterocycles. The molecule has 1 fully saturated rings. The maximum Gasteiger partial charge on any atom is 0.430 e. The van der Waals surface area contributed by atoms with Crippen LogP contribution < -0.4 is 10.6 Å². The van der Waals surface area contributed by atoms with Gasteiger partial charge in [-0.15, -0.1) is 0 Å². The number of halogens is 7. The Bertz CT molecular complexity index is 1310. The Balaban J connectivity index is 1.56. The van der Waals surface area contributed by atoms with Crippen LogP contribution in [0.1, 0.15) is 21.5 Å². The molecule has 3 amide bonds. The summed E-state index contributed by atoms with van der Waals surface area (Å²) in [6.07, 6.45) is -11.9. The molecule has 2 aromatic rings. The fourth-order valence-electron chi connectivity index (χ4n) is 4.03. The van der Waals surface area contributed by atoms with Gasteiger partial charge in [0, 0.05) is 49.4 Å². The highest BCUT2D eigenvalue weighted by Gasteiger charge is 2.71. The Hall–Kier alpha value is -4.16. The number of carbonyl (C=O) groups is 2. The first-order valence-corrected chi connectivity index (χ1v) is 12.0. The Morgan fingerprint density at radius 3 is 2.07 bits per heavy atom. The Labute approximate surface area is 229 Å². The van der Waals surface area contributed by atoms with Crippen LogP contribution in [-0.2, 0) is 12.1 Å². The zero-order valence-electron chi connectivity index (χ0n) is 21.2. The molecule has 3 rings (SSSR count). The van der Waals surface area contributed by atoms with Gasteiger partial charge in [-0.25, -0.2) is 9.18 Å². The van der Waals surface area contributed by atoms with E-state index in [-0.39, 0.29) is 43.0 Å². The number of anilines is 1. The fraction of sp³-hybridized carbons (Fsp3) is 0.346. The lowest BCUT2D eigenvalue weighted by molar-refractivity contribution is -0.376. The number of urea groups is 1. The lowest BCUT2D eigenvalue weighted by atomic mass is 9.91. The lowest BCUT2D eigenvalue weighted by Gasteiger charge is -2.35. The van der Waals surface area contributed by atoms with Gasteiger partial charge in [0.05, 0.1) is 18.3 Å². The summed E-state index contributed by atoms with van der Waals surface area (Å²) in [5.41, 5.74) is -6.03. The van der Waals surface area contributed by atoms with Crippen molar-refractivity contribution in [1.82, 2.24) is 15.1 Å². The molecular weight excluding hydrogens is 563 g/mol. The van der Waals surface area contributed by atoms with Crippen LogP contribution in [0.2, 0.25) is 0 Å². The summed E-state index contributed by atoms with van der Waals surface area (Å²) >= 11 is 0. The van der Waals surface area contributed by atoms with E-state index in [1.54, 1.807) is 6.07 Å². The third-order valence-electron chi connectivity index (χ3n) is 6.34. The third-order valence-corrected chi connectivity index (χ3v) is 6.34. The number of hydrogen-bond donors (Lipinski definition) is 3. The van der Waals surface area contributed by atoms with Crippen molar-refractivity contribution >= 4 is 17.6 Å². The molecule has 2 aromatic carbocycles. The molecule has 0 spiro atoms. The van der Waals surface area contributed by atoms with E-state index >= 15 is 0 Å². The molecule has 1 aliphatic rings. The number of nitrogens with zero attached hydrogens (tertiary/aromatic N) is 3. The van der Waals surface area contributed by atoms with Gasteiger partial charge in [0.15, 0.2) is 0 Å². The standard InChI is InChI=1S/C26H24F7N5O3/c1-16(13-34)14-35-23(40)36-21-7-4-18(12-20(21)27)22(39)38-10-8-37(9-11-38)15-17-2-5-19(6-3-17)24(41,25(28,29)30)26(31,32)33/h2-7,12,41H,1,8-11,14-15H2,(H2,35,36,40). The van der Waals surface area contributed by atoms with E-state index in [9.17, 15) is 45.4 Å². The SMILES string of the molecule is C=C(C#N)CNC(=O)Nc1ccc(C(=O)N2CCN(Cc3ccc(C(O)(C(F)(F)F)C(F)(F)F)cc3)CC2)cc1F. The molecule has 1 saturated heterocycles. The second kappa shape index (κ2) is 12.1. The average molecular weight is 587 g/mol. The number of amides is 3. The minimum absolute atomic E-state index is 0.0252. The van der Waals surface area contributed by atoms with Gasteiger partial charge in [-0.1, -0.05) is 30.8 Å². The maximum absolute atomic E-state index is 14.5. The van der Waals surface area contributed by atoms with E-state index in [1.165, 1.54) is 17.0 Å². The van der Waals surface area contributed by atoms with Crippen LogP contribution in [0.4, 0.5) is 41.2 Å². The number of rotatable bonds is 7. The Morgan fingerprint density at radius 1 is 0.976 bits per heavy atom. The van der Waals surface area contributed by atoms with Gasteiger partial charge in [-0.2, -0.15) is 31.6 Å². The van der Waals surface area contributed by atoms with Gasteiger partial charge in [0.2, 0.25) is 0 Å². The summed E-state index contributed by atoms with van der Waals surface area (Å²) in [4.78, 5) is 28.0. The number of hydrogen-bond acceptors (Lipinski definition) is 5. The lowest BCUT2D eigenvalue weighted by Crippen LogP contribution is -2.53. The highest BCUT2D eigenvalue weighted by molar-refractivity contribution is 5.95. The van der Waals surface area contributed by atoms with E-state index in [0.717, 1.165) is 18.2 Å². The summed E-state index contributed by atoms with van der Waals surface area (Å²) in [5, 5.41) is 22.7. The Kier molecular flexibility index (Phi) is 9.30. The molecule has 3 N–H and O–H groups in total. The molecule has 0 saturated carbocycles. The van der Waals surface area contributed by atoms with Crippen molar-refractivity contribution < 1.29 is 45.4 Å². The minimum Gasteiger partial charge on any atom is -0.369 e. The number of aliphatic hydroxyl groups is 1. The molecule has 0 radical (unpaired) electrons. The van der Waals surface area contributed by atoms with Crippen molar-refractivity contribution in [3.05, 3.63) is 77.1 Å². The number of carbonyl (C=O) groups excluding carboxylic acids is 2. The number of nitriles is 1. The topological polar surface area (TPSA) is 109 Å². The monoisotopic (exact) mass is 587 g/mol. The third kappa shape index (κ3) is 7.14. The molecule has 0 aromatic heterocycles. The van der Waals surface area contributed by atoms with Gasteiger partial charge in [0.1, 0.15) is 5.82 Å². The summed E-state index contributed by atoms with van der Waals surface area (Å²) in [6, 6.07) is 7.75. The molecule has 0 atom stereocenters. The Morgan fingerprint density at radius 2 is 1.56 bits per heavy atom. The minimum atomic E-state index is -5.97.